The summed E-state index contributed by atoms with van der Waals surface area (Å²) < 4.78 is 0. The highest BCUT2D eigenvalue weighted by Crippen LogP contribution is 2.07. The van der Waals surface area contributed by atoms with Gasteiger partial charge >= 0.3 is 0 Å². The molecule has 0 radical (unpaired) electrons. The number of halogens is 1. The quantitative estimate of drug-likeness (QED) is 0.409. The average Bonchev–Trinajstić information content (AvgIpc) is 2.26. The van der Waals surface area contributed by atoms with Crippen molar-refractivity contribution in [2.24, 2.45) is 0 Å². The molecule has 0 unspecified atom stereocenters. The van der Waals surface area contributed by atoms with Crippen LogP contribution in [0.15, 0.2) is 0 Å². The van der Waals surface area contributed by atoms with Crippen molar-refractivity contribution in [3.63, 3.8) is 0 Å². The Hall–Kier alpha value is 0.440. The summed E-state index contributed by atoms with van der Waals surface area (Å²) in [5.41, 5.74) is 0. The molecule has 0 saturated carbocycles. The number of alkyl halides is 1. The van der Waals surface area contributed by atoms with Crippen LogP contribution in [-0.4, -0.2) is 18.4 Å². The van der Waals surface area contributed by atoms with Crippen molar-refractivity contribution in [3.05, 3.63) is 0 Å². The van der Waals surface area contributed by atoms with Gasteiger partial charge in [-0.25, -0.2) is 0 Å². The molecular weight excluding hydrogens is 250 g/mol. The molecule has 0 aromatic rings. The molecule has 0 heterocycles. The van der Waals surface area contributed by atoms with Crippen molar-refractivity contribution >= 4 is 15.9 Å². The van der Waals surface area contributed by atoms with Gasteiger partial charge < -0.3 is 5.32 Å². The zero-order valence-electron chi connectivity index (χ0n) is 10.4. The van der Waals surface area contributed by atoms with E-state index >= 15 is 0 Å². The van der Waals surface area contributed by atoms with Gasteiger partial charge in [-0.15, -0.1) is 0 Å². The molecule has 0 saturated heterocycles. The summed E-state index contributed by atoms with van der Waals surface area (Å²) in [4.78, 5) is 0. The molecule has 0 fully saturated rings. The van der Waals surface area contributed by atoms with E-state index in [0.29, 0.717) is 0 Å². The highest BCUT2D eigenvalue weighted by atomic mass is 79.9. The summed E-state index contributed by atoms with van der Waals surface area (Å²) in [6.07, 6.45) is 12.6. The van der Waals surface area contributed by atoms with E-state index in [1.165, 1.54) is 70.9 Å². The van der Waals surface area contributed by atoms with Gasteiger partial charge in [-0.1, -0.05) is 67.8 Å². The van der Waals surface area contributed by atoms with Crippen molar-refractivity contribution in [1.82, 2.24) is 5.32 Å². The molecule has 0 aromatic carbocycles. The molecule has 0 rings (SSSR count). The molecule has 0 aromatic heterocycles. The maximum absolute atomic E-state index is 3.47. The Balaban J connectivity index is 2.81. The number of unbranched alkanes of at least 4 members (excludes halogenated alkanes) is 7. The SMILES string of the molecule is CCCCCCCCCCNCCCBr. The van der Waals surface area contributed by atoms with E-state index in [1.807, 2.05) is 0 Å². The second kappa shape index (κ2) is 14.4. The first-order valence-corrected chi connectivity index (χ1v) is 7.80. The van der Waals surface area contributed by atoms with Gasteiger partial charge in [0.2, 0.25) is 0 Å². The fourth-order valence-electron chi connectivity index (χ4n) is 1.70. The zero-order chi connectivity index (χ0) is 11.2. The molecule has 2 heteroatoms. The lowest BCUT2D eigenvalue weighted by Gasteiger charge is -2.03. The fraction of sp³-hybridized carbons (Fsp3) is 1.00. The average molecular weight is 278 g/mol. The second-order valence-electron chi connectivity index (χ2n) is 4.27. The predicted octanol–water partition coefficient (Wildman–Crippen LogP) is 4.50. The zero-order valence-corrected chi connectivity index (χ0v) is 11.9. The summed E-state index contributed by atoms with van der Waals surface area (Å²) in [5.74, 6) is 0. The lowest BCUT2D eigenvalue weighted by Crippen LogP contribution is -2.16. The highest BCUT2D eigenvalue weighted by Gasteiger charge is 1.91. The summed E-state index contributed by atoms with van der Waals surface area (Å²) >= 11 is 3.43. The summed E-state index contributed by atoms with van der Waals surface area (Å²) in [7, 11) is 0. The molecule has 0 bridgehead atoms. The molecule has 15 heavy (non-hydrogen) atoms. The van der Waals surface area contributed by atoms with Crippen LogP contribution < -0.4 is 5.32 Å². The van der Waals surface area contributed by atoms with Gasteiger partial charge in [-0.2, -0.15) is 0 Å². The predicted molar refractivity (Wildman–Crippen MR) is 73.9 cm³/mol. The third-order valence-corrected chi connectivity index (χ3v) is 3.26. The molecule has 0 atom stereocenters. The first-order chi connectivity index (χ1) is 7.41. The van der Waals surface area contributed by atoms with E-state index in [4.69, 9.17) is 0 Å². The maximum Gasteiger partial charge on any atom is 0.00433 e. The van der Waals surface area contributed by atoms with Crippen LogP contribution >= 0.6 is 15.9 Å². The third kappa shape index (κ3) is 14.4. The molecular formula is C13H28BrN. The van der Waals surface area contributed by atoms with Gasteiger partial charge in [-0.05, 0) is 25.9 Å². The van der Waals surface area contributed by atoms with E-state index in [-0.39, 0.29) is 0 Å². The Morgan fingerprint density at radius 3 is 1.87 bits per heavy atom. The van der Waals surface area contributed by atoms with E-state index in [0.717, 1.165) is 5.33 Å². The van der Waals surface area contributed by atoms with E-state index in [2.05, 4.69) is 28.2 Å². The molecule has 92 valence electrons. The summed E-state index contributed by atoms with van der Waals surface area (Å²) in [6, 6.07) is 0. The maximum atomic E-state index is 3.47. The second-order valence-corrected chi connectivity index (χ2v) is 5.06. The summed E-state index contributed by atoms with van der Waals surface area (Å²) in [6.45, 7) is 4.66. The Morgan fingerprint density at radius 2 is 1.27 bits per heavy atom. The van der Waals surface area contributed by atoms with Gasteiger partial charge in [0.05, 0.1) is 0 Å². The monoisotopic (exact) mass is 277 g/mol. The van der Waals surface area contributed by atoms with Crippen molar-refractivity contribution in [3.8, 4) is 0 Å². The van der Waals surface area contributed by atoms with Crippen LogP contribution in [0.3, 0.4) is 0 Å². The van der Waals surface area contributed by atoms with E-state index in [1.54, 1.807) is 0 Å². The lowest BCUT2D eigenvalue weighted by molar-refractivity contribution is 0.555. The number of rotatable bonds is 12. The number of nitrogens with one attached hydrogen (secondary N) is 1. The van der Waals surface area contributed by atoms with Crippen LogP contribution in [0.1, 0.15) is 64.7 Å². The van der Waals surface area contributed by atoms with E-state index in [9.17, 15) is 0 Å². The summed E-state index contributed by atoms with van der Waals surface area (Å²) in [5, 5.41) is 4.59. The Kier molecular flexibility index (Phi) is 14.9. The van der Waals surface area contributed by atoms with Crippen LogP contribution in [0.4, 0.5) is 0 Å². The van der Waals surface area contributed by atoms with Crippen molar-refractivity contribution in [1.29, 1.82) is 0 Å². The molecule has 1 N–H and O–H groups in total. The van der Waals surface area contributed by atoms with Crippen LogP contribution in [0.2, 0.25) is 0 Å². The molecule has 0 aliphatic heterocycles. The lowest BCUT2D eigenvalue weighted by atomic mass is 10.1. The van der Waals surface area contributed by atoms with E-state index < -0.39 is 0 Å². The smallest absolute Gasteiger partial charge is 0.00433 e. The Labute approximate surface area is 105 Å². The number of hydrogen-bond donors (Lipinski definition) is 1. The molecule has 1 nitrogen and oxygen atoms in total. The molecule has 0 amide bonds. The van der Waals surface area contributed by atoms with Crippen LogP contribution in [0.25, 0.3) is 0 Å². The topological polar surface area (TPSA) is 12.0 Å². The molecule has 0 spiro atoms. The highest BCUT2D eigenvalue weighted by molar-refractivity contribution is 9.09. The van der Waals surface area contributed by atoms with Gasteiger partial charge in [0.1, 0.15) is 0 Å². The largest absolute Gasteiger partial charge is 0.317 e. The fourth-order valence-corrected chi connectivity index (χ4v) is 1.98. The molecule has 0 aliphatic carbocycles. The minimum absolute atomic E-state index is 1.12. The van der Waals surface area contributed by atoms with Crippen molar-refractivity contribution in [2.45, 2.75) is 64.7 Å². The van der Waals surface area contributed by atoms with Gasteiger partial charge in [0, 0.05) is 5.33 Å². The minimum atomic E-state index is 1.12. The standard InChI is InChI=1S/C13H28BrN/c1-2-3-4-5-6-7-8-9-12-15-13-10-11-14/h15H,2-13H2,1H3. The molecule has 0 aliphatic rings. The van der Waals surface area contributed by atoms with Gasteiger partial charge in [-0.3, -0.25) is 0 Å². The van der Waals surface area contributed by atoms with Crippen molar-refractivity contribution < 1.29 is 0 Å². The van der Waals surface area contributed by atoms with Crippen molar-refractivity contribution in [2.75, 3.05) is 18.4 Å². The third-order valence-electron chi connectivity index (χ3n) is 2.69. The normalized spacial score (nSPS) is 10.8. The van der Waals surface area contributed by atoms with Gasteiger partial charge in [0.25, 0.3) is 0 Å². The van der Waals surface area contributed by atoms with Crippen LogP contribution in [0, 0.1) is 0 Å². The van der Waals surface area contributed by atoms with Gasteiger partial charge in [0.15, 0.2) is 0 Å². The first kappa shape index (κ1) is 15.4. The number of hydrogen-bond acceptors (Lipinski definition) is 1. The van der Waals surface area contributed by atoms with Crippen LogP contribution in [-0.2, 0) is 0 Å². The van der Waals surface area contributed by atoms with Crippen LogP contribution in [0.5, 0.6) is 0 Å². The Bertz CT molecular complexity index is 94.7. The first-order valence-electron chi connectivity index (χ1n) is 6.68. The Morgan fingerprint density at radius 1 is 0.733 bits per heavy atom. The minimum Gasteiger partial charge on any atom is -0.317 e.